The van der Waals surface area contributed by atoms with E-state index in [0.29, 0.717) is 6.04 Å². The minimum atomic E-state index is 0.501. The maximum absolute atomic E-state index is 3.47. The van der Waals surface area contributed by atoms with Crippen molar-refractivity contribution < 1.29 is 0 Å². The monoisotopic (exact) mass is 232 g/mol. The normalized spacial score (nSPS) is 21.6. The summed E-state index contributed by atoms with van der Waals surface area (Å²) in [5, 5.41) is 6.92. The topological polar surface area (TPSA) is 24.1 Å². The molecule has 0 aliphatic carbocycles. The van der Waals surface area contributed by atoms with Crippen molar-refractivity contribution in [1.29, 1.82) is 0 Å². The van der Waals surface area contributed by atoms with Crippen LogP contribution in [0.1, 0.15) is 36.9 Å². The summed E-state index contributed by atoms with van der Waals surface area (Å²) in [5.41, 5.74) is 2.89. The van der Waals surface area contributed by atoms with Crippen LogP contribution in [0.25, 0.3) is 0 Å². The summed E-state index contributed by atoms with van der Waals surface area (Å²) in [6.45, 7) is 4.54. The molecule has 1 aliphatic rings. The van der Waals surface area contributed by atoms with Crippen molar-refractivity contribution in [1.82, 2.24) is 10.6 Å². The molecule has 2 nitrogen and oxygen atoms in total. The van der Waals surface area contributed by atoms with Crippen molar-refractivity contribution in [2.24, 2.45) is 5.92 Å². The van der Waals surface area contributed by atoms with Crippen molar-refractivity contribution >= 4 is 0 Å². The van der Waals surface area contributed by atoms with Gasteiger partial charge in [0.1, 0.15) is 0 Å². The van der Waals surface area contributed by atoms with E-state index in [1.165, 1.54) is 30.4 Å². The van der Waals surface area contributed by atoms with Gasteiger partial charge in [-0.1, -0.05) is 37.6 Å². The Balaban J connectivity index is 2.07. The Hall–Kier alpha value is -0.860. The molecule has 2 atom stereocenters. The molecule has 2 unspecified atom stereocenters. The van der Waals surface area contributed by atoms with E-state index in [4.69, 9.17) is 0 Å². The van der Waals surface area contributed by atoms with Crippen LogP contribution in [0.2, 0.25) is 0 Å². The van der Waals surface area contributed by atoms with Crippen LogP contribution in [0.15, 0.2) is 24.3 Å². The summed E-state index contributed by atoms with van der Waals surface area (Å²) in [6, 6.07) is 9.66. The minimum absolute atomic E-state index is 0.501. The summed E-state index contributed by atoms with van der Waals surface area (Å²) in [5.74, 6) is 0.733. The van der Waals surface area contributed by atoms with E-state index in [0.717, 1.165) is 19.0 Å². The van der Waals surface area contributed by atoms with E-state index in [1.807, 2.05) is 0 Å². The Labute approximate surface area is 105 Å². The lowest BCUT2D eigenvalue weighted by atomic mass is 9.91. The molecule has 1 fully saturated rings. The minimum Gasteiger partial charge on any atom is -0.316 e. The van der Waals surface area contributed by atoms with E-state index >= 15 is 0 Å². The molecule has 2 rings (SSSR count). The second-order valence-electron chi connectivity index (χ2n) is 5.01. The summed E-state index contributed by atoms with van der Waals surface area (Å²) < 4.78 is 0. The molecule has 1 aromatic carbocycles. The molecular formula is C15H24N2. The van der Waals surface area contributed by atoms with E-state index in [9.17, 15) is 0 Å². The maximum atomic E-state index is 3.47. The van der Waals surface area contributed by atoms with E-state index in [1.54, 1.807) is 0 Å². The van der Waals surface area contributed by atoms with Crippen molar-refractivity contribution in [3.63, 3.8) is 0 Å². The van der Waals surface area contributed by atoms with Crippen LogP contribution in [0, 0.1) is 5.92 Å². The van der Waals surface area contributed by atoms with Gasteiger partial charge in [0.2, 0.25) is 0 Å². The van der Waals surface area contributed by atoms with Crippen LogP contribution in [-0.4, -0.2) is 20.1 Å². The smallest absolute Gasteiger partial charge is 0.0358 e. The number of aryl methyl sites for hydroxylation is 1. The molecule has 1 heterocycles. The fraction of sp³-hybridized carbons (Fsp3) is 0.600. The summed E-state index contributed by atoms with van der Waals surface area (Å²) in [7, 11) is 2.07. The zero-order valence-electron chi connectivity index (χ0n) is 11.0. The Morgan fingerprint density at radius 1 is 1.35 bits per heavy atom. The van der Waals surface area contributed by atoms with Crippen molar-refractivity contribution in [3.05, 3.63) is 35.4 Å². The molecule has 0 amide bonds. The molecule has 0 spiro atoms. The third kappa shape index (κ3) is 3.08. The highest BCUT2D eigenvalue weighted by Crippen LogP contribution is 2.26. The van der Waals surface area contributed by atoms with Gasteiger partial charge in [-0.05, 0) is 50.0 Å². The molecule has 94 valence electrons. The van der Waals surface area contributed by atoms with Gasteiger partial charge in [0.05, 0.1) is 0 Å². The van der Waals surface area contributed by atoms with Crippen molar-refractivity contribution in [3.8, 4) is 0 Å². The lowest BCUT2D eigenvalue weighted by Crippen LogP contribution is -2.26. The Kier molecular flexibility index (Phi) is 4.57. The van der Waals surface area contributed by atoms with Gasteiger partial charge in [0, 0.05) is 6.04 Å². The van der Waals surface area contributed by atoms with Crippen molar-refractivity contribution in [2.45, 2.75) is 32.2 Å². The highest BCUT2D eigenvalue weighted by Gasteiger charge is 2.24. The van der Waals surface area contributed by atoms with Crippen LogP contribution < -0.4 is 10.6 Å². The van der Waals surface area contributed by atoms with E-state index in [-0.39, 0.29) is 0 Å². The zero-order chi connectivity index (χ0) is 12.1. The predicted octanol–water partition coefficient (Wildman–Crippen LogP) is 2.51. The van der Waals surface area contributed by atoms with Crippen LogP contribution in [0.4, 0.5) is 0 Å². The molecule has 0 saturated carbocycles. The Morgan fingerprint density at radius 3 is 2.65 bits per heavy atom. The van der Waals surface area contributed by atoms with Gasteiger partial charge in [0.15, 0.2) is 0 Å². The average Bonchev–Trinajstić information content (AvgIpc) is 2.86. The Morgan fingerprint density at radius 2 is 2.12 bits per heavy atom. The van der Waals surface area contributed by atoms with Crippen molar-refractivity contribution in [2.75, 3.05) is 20.1 Å². The first-order valence-electron chi connectivity index (χ1n) is 6.82. The highest BCUT2D eigenvalue weighted by molar-refractivity contribution is 5.26. The molecule has 17 heavy (non-hydrogen) atoms. The lowest BCUT2D eigenvalue weighted by Gasteiger charge is -2.23. The highest BCUT2D eigenvalue weighted by atomic mass is 15.0. The molecule has 0 radical (unpaired) electrons. The van der Waals surface area contributed by atoms with Gasteiger partial charge >= 0.3 is 0 Å². The first-order valence-corrected chi connectivity index (χ1v) is 6.82. The van der Waals surface area contributed by atoms with Crippen LogP contribution in [0.3, 0.4) is 0 Å². The molecule has 1 saturated heterocycles. The van der Waals surface area contributed by atoms with Gasteiger partial charge in [-0.25, -0.2) is 0 Å². The van der Waals surface area contributed by atoms with Gasteiger partial charge in [0.25, 0.3) is 0 Å². The fourth-order valence-electron chi connectivity index (χ4n) is 2.82. The number of hydrogen-bond acceptors (Lipinski definition) is 2. The van der Waals surface area contributed by atoms with Crippen LogP contribution >= 0.6 is 0 Å². The summed E-state index contributed by atoms with van der Waals surface area (Å²) in [6.07, 6.45) is 3.69. The number of nitrogens with one attached hydrogen (secondary N) is 2. The quantitative estimate of drug-likeness (QED) is 0.815. The van der Waals surface area contributed by atoms with E-state index in [2.05, 4.69) is 48.9 Å². The second kappa shape index (κ2) is 6.18. The largest absolute Gasteiger partial charge is 0.316 e. The maximum Gasteiger partial charge on any atom is 0.0358 e. The van der Waals surface area contributed by atoms with Gasteiger partial charge in [-0.15, -0.1) is 0 Å². The molecule has 1 aromatic rings. The third-order valence-electron chi connectivity index (χ3n) is 3.76. The summed E-state index contributed by atoms with van der Waals surface area (Å²) >= 11 is 0. The fourth-order valence-corrected chi connectivity index (χ4v) is 2.82. The van der Waals surface area contributed by atoms with E-state index < -0.39 is 0 Å². The van der Waals surface area contributed by atoms with Gasteiger partial charge in [-0.2, -0.15) is 0 Å². The first kappa shape index (κ1) is 12.6. The SMILES string of the molecule is CCCc1ccc(C(NC)C2CCNC2)cc1. The van der Waals surface area contributed by atoms with Crippen LogP contribution in [-0.2, 0) is 6.42 Å². The first-order chi connectivity index (χ1) is 8.35. The molecule has 2 heteroatoms. The molecular weight excluding hydrogens is 208 g/mol. The number of rotatable bonds is 5. The number of benzene rings is 1. The van der Waals surface area contributed by atoms with Gasteiger partial charge in [-0.3, -0.25) is 0 Å². The van der Waals surface area contributed by atoms with Crippen LogP contribution in [0.5, 0.6) is 0 Å². The standard InChI is InChI=1S/C15H24N2/c1-3-4-12-5-7-13(8-6-12)15(16-2)14-9-10-17-11-14/h5-8,14-17H,3-4,9-11H2,1-2H3. The second-order valence-corrected chi connectivity index (χ2v) is 5.01. The molecule has 0 bridgehead atoms. The lowest BCUT2D eigenvalue weighted by molar-refractivity contribution is 0.410. The van der Waals surface area contributed by atoms with Gasteiger partial charge < -0.3 is 10.6 Å². The predicted molar refractivity (Wildman–Crippen MR) is 73.2 cm³/mol. The summed E-state index contributed by atoms with van der Waals surface area (Å²) in [4.78, 5) is 0. The average molecular weight is 232 g/mol. The zero-order valence-corrected chi connectivity index (χ0v) is 11.0. The molecule has 2 N–H and O–H groups in total. The molecule has 1 aliphatic heterocycles. The molecule has 0 aromatic heterocycles. The number of hydrogen-bond donors (Lipinski definition) is 2. The Bertz CT molecular complexity index is 325. The third-order valence-corrected chi connectivity index (χ3v) is 3.76.